The number of aliphatic hydroxyl groups excluding tert-OH is 1. The zero-order valence-corrected chi connectivity index (χ0v) is 10.2. The molecule has 0 aliphatic rings. The number of methoxy groups -OCH3 is 1. The molecule has 0 bridgehead atoms. The summed E-state index contributed by atoms with van der Waals surface area (Å²) in [6, 6.07) is 11.1. The quantitative estimate of drug-likeness (QED) is 0.879. The van der Waals surface area contributed by atoms with E-state index in [0.717, 1.165) is 5.56 Å². The fourth-order valence-electron chi connectivity index (χ4n) is 1.57. The monoisotopic (exact) mass is 245 g/mol. The van der Waals surface area contributed by atoms with Gasteiger partial charge in [-0.3, -0.25) is 0 Å². The van der Waals surface area contributed by atoms with Crippen molar-refractivity contribution in [1.82, 2.24) is 4.98 Å². The van der Waals surface area contributed by atoms with Crippen molar-refractivity contribution in [2.75, 3.05) is 13.7 Å². The van der Waals surface area contributed by atoms with Gasteiger partial charge in [0.1, 0.15) is 5.75 Å². The lowest BCUT2D eigenvalue weighted by atomic mass is 10.1. The zero-order valence-electron chi connectivity index (χ0n) is 10.2. The van der Waals surface area contributed by atoms with Crippen molar-refractivity contribution < 1.29 is 14.6 Å². The van der Waals surface area contributed by atoms with E-state index < -0.39 is 0 Å². The zero-order chi connectivity index (χ0) is 12.8. The van der Waals surface area contributed by atoms with Gasteiger partial charge in [0, 0.05) is 12.8 Å². The summed E-state index contributed by atoms with van der Waals surface area (Å²) in [5, 5.41) is 8.83. The highest BCUT2D eigenvalue weighted by atomic mass is 16.5. The smallest absolute Gasteiger partial charge is 0.262 e. The number of ether oxygens (including phenoxy) is 2. The van der Waals surface area contributed by atoms with Crippen molar-refractivity contribution in [2.45, 2.75) is 6.42 Å². The van der Waals surface area contributed by atoms with Crippen LogP contribution in [0.2, 0.25) is 0 Å². The lowest BCUT2D eigenvalue weighted by molar-refractivity contribution is 0.299. The van der Waals surface area contributed by atoms with Gasteiger partial charge in [0.05, 0.1) is 7.11 Å². The van der Waals surface area contributed by atoms with Crippen molar-refractivity contribution in [3.05, 3.63) is 48.2 Å². The second kappa shape index (κ2) is 6.02. The van der Waals surface area contributed by atoms with Crippen LogP contribution in [0.4, 0.5) is 0 Å². The molecule has 0 saturated carbocycles. The molecule has 1 N–H and O–H groups in total. The third-order valence-corrected chi connectivity index (χ3v) is 2.49. The molecule has 94 valence electrons. The fraction of sp³-hybridized carbons (Fsp3) is 0.214. The Labute approximate surface area is 106 Å². The normalized spacial score (nSPS) is 10.1. The van der Waals surface area contributed by atoms with Gasteiger partial charge in [-0.1, -0.05) is 12.1 Å². The van der Waals surface area contributed by atoms with Gasteiger partial charge in [0.2, 0.25) is 0 Å². The van der Waals surface area contributed by atoms with Gasteiger partial charge in [-0.05, 0) is 36.2 Å². The fourth-order valence-corrected chi connectivity index (χ4v) is 1.57. The van der Waals surface area contributed by atoms with Gasteiger partial charge in [0.25, 0.3) is 5.88 Å². The summed E-state index contributed by atoms with van der Waals surface area (Å²) in [7, 11) is 1.58. The Kier molecular flexibility index (Phi) is 4.15. The molecule has 1 aromatic heterocycles. The van der Waals surface area contributed by atoms with Crippen LogP contribution in [0.5, 0.6) is 17.4 Å². The number of rotatable bonds is 5. The first-order valence-electron chi connectivity index (χ1n) is 5.70. The topological polar surface area (TPSA) is 51.6 Å². The summed E-state index contributed by atoms with van der Waals surface area (Å²) < 4.78 is 10.8. The molecule has 0 aliphatic heterocycles. The maximum absolute atomic E-state index is 8.83. The van der Waals surface area contributed by atoms with E-state index >= 15 is 0 Å². The Hall–Kier alpha value is -2.07. The van der Waals surface area contributed by atoms with E-state index in [0.29, 0.717) is 23.8 Å². The van der Waals surface area contributed by atoms with Crippen LogP contribution in [0.25, 0.3) is 0 Å². The van der Waals surface area contributed by atoms with E-state index in [1.54, 1.807) is 25.4 Å². The molecule has 4 heteroatoms. The molecule has 0 saturated heterocycles. The summed E-state index contributed by atoms with van der Waals surface area (Å²) >= 11 is 0. The maximum atomic E-state index is 8.83. The van der Waals surface area contributed by atoms with E-state index in [9.17, 15) is 0 Å². The molecule has 0 spiro atoms. The van der Waals surface area contributed by atoms with Crippen LogP contribution < -0.4 is 9.47 Å². The minimum atomic E-state index is 0.147. The van der Waals surface area contributed by atoms with Crippen molar-refractivity contribution >= 4 is 0 Å². The Bertz CT molecular complexity index is 497. The Morgan fingerprint density at radius 1 is 1.17 bits per heavy atom. The SMILES string of the molecule is COc1cccnc1Oc1ccc(CCO)cc1. The largest absolute Gasteiger partial charge is 0.491 e. The Morgan fingerprint density at radius 2 is 1.94 bits per heavy atom. The molecule has 18 heavy (non-hydrogen) atoms. The lowest BCUT2D eigenvalue weighted by Gasteiger charge is -2.08. The van der Waals surface area contributed by atoms with Crippen LogP contribution in [-0.2, 0) is 6.42 Å². The van der Waals surface area contributed by atoms with E-state index in [4.69, 9.17) is 14.6 Å². The van der Waals surface area contributed by atoms with Crippen molar-refractivity contribution in [1.29, 1.82) is 0 Å². The second-order valence-corrected chi connectivity index (χ2v) is 3.73. The predicted molar refractivity (Wildman–Crippen MR) is 68.1 cm³/mol. The predicted octanol–water partition coefficient (Wildman–Crippen LogP) is 2.42. The Morgan fingerprint density at radius 3 is 2.61 bits per heavy atom. The molecule has 0 fully saturated rings. The number of hydrogen-bond acceptors (Lipinski definition) is 4. The minimum Gasteiger partial charge on any atom is -0.491 e. The second-order valence-electron chi connectivity index (χ2n) is 3.73. The molecular formula is C14H15NO3. The maximum Gasteiger partial charge on any atom is 0.262 e. The summed E-state index contributed by atoms with van der Waals surface area (Å²) in [5.74, 6) is 1.72. The molecule has 1 aromatic carbocycles. The molecule has 0 aliphatic carbocycles. The molecule has 1 heterocycles. The number of nitrogens with zero attached hydrogens (tertiary/aromatic N) is 1. The first-order chi connectivity index (χ1) is 8.83. The van der Waals surface area contributed by atoms with E-state index in [1.165, 1.54) is 0 Å². The molecule has 4 nitrogen and oxygen atoms in total. The van der Waals surface area contributed by atoms with Gasteiger partial charge in [-0.2, -0.15) is 0 Å². The standard InChI is InChI=1S/C14H15NO3/c1-17-13-3-2-9-15-14(13)18-12-6-4-11(5-7-12)8-10-16/h2-7,9,16H,8,10H2,1H3. The molecular weight excluding hydrogens is 230 g/mol. The average Bonchev–Trinajstić information content (AvgIpc) is 2.42. The highest BCUT2D eigenvalue weighted by Gasteiger charge is 2.05. The van der Waals surface area contributed by atoms with Gasteiger partial charge in [-0.25, -0.2) is 4.98 Å². The highest BCUT2D eigenvalue weighted by molar-refractivity contribution is 5.37. The van der Waals surface area contributed by atoms with Crippen LogP contribution in [0.15, 0.2) is 42.6 Å². The molecule has 0 radical (unpaired) electrons. The Balaban J connectivity index is 2.13. The van der Waals surface area contributed by atoms with Gasteiger partial charge < -0.3 is 14.6 Å². The van der Waals surface area contributed by atoms with Crippen LogP contribution in [0.3, 0.4) is 0 Å². The minimum absolute atomic E-state index is 0.147. The first kappa shape index (κ1) is 12.4. The van der Waals surface area contributed by atoms with Crippen molar-refractivity contribution in [3.63, 3.8) is 0 Å². The number of benzene rings is 1. The average molecular weight is 245 g/mol. The van der Waals surface area contributed by atoms with Gasteiger partial charge in [0.15, 0.2) is 5.75 Å². The van der Waals surface area contributed by atoms with E-state index in [1.807, 2.05) is 24.3 Å². The van der Waals surface area contributed by atoms with Gasteiger partial charge in [-0.15, -0.1) is 0 Å². The van der Waals surface area contributed by atoms with Crippen molar-refractivity contribution in [2.24, 2.45) is 0 Å². The van der Waals surface area contributed by atoms with Crippen LogP contribution in [-0.4, -0.2) is 23.8 Å². The highest BCUT2D eigenvalue weighted by Crippen LogP contribution is 2.28. The van der Waals surface area contributed by atoms with Crippen LogP contribution in [0.1, 0.15) is 5.56 Å². The number of aromatic nitrogens is 1. The number of hydrogen-bond donors (Lipinski definition) is 1. The van der Waals surface area contributed by atoms with E-state index in [-0.39, 0.29) is 6.61 Å². The van der Waals surface area contributed by atoms with Crippen LogP contribution >= 0.6 is 0 Å². The lowest BCUT2D eigenvalue weighted by Crippen LogP contribution is -1.93. The van der Waals surface area contributed by atoms with E-state index in [2.05, 4.69) is 4.98 Å². The summed E-state index contributed by atoms with van der Waals surface area (Å²) in [6.07, 6.45) is 2.30. The van der Waals surface area contributed by atoms with Crippen molar-refractivity contribution in [3.8, 4) is 17.4 Å². The molecule has 0 atom stereocenters. The summed E-state index contributed by atoms with van der Waals surface area (Å²) in [6.45, 7) is 0.147. The molecule has 2 rings (SSSR count). The van der Waals surface area contributed by atoms with Crippen LogP contribution in [0, 0.1) is 0 Å². The van der Waals surface area contributed by atoms with Gasteiger partial charge >= 0.3 is 0 Å². The number of aliphatic hydroxyl groups is 1. The number of pyridine rings is 1. The molecule has 0 amide bonds. The third kappa shape index (κ3) is 2.99. The third-order valence-electron chi connectivity index (χ3n) is 2.49. The summed E-state index contributed by atoms with van der Waals surface area (Å²) in [5.41, 5.74) is 1.07. The first-order valence-corrected chi connectivity index (χ1v) is 5.70. The molecule has 0 unspecified atom stereocenters. The summed E-state index contributed by atoms with van der Waals surface area (Å²) in [4.78, 5) is 4.12. The molecule has 2 aromatic rings.